The van der Waals surface area contributed by atoms with Crippen molar-refractivity contribution in [2.45, 2.75) is 24.7 Å². The van der Waals surface area contributed by atoms with Gasteiger partial charge in [-0.25, -0.2) is 4.79 Å². The van der Waals surface area contributed by atoms with Crippen LogP contribution in [-0.4, -0.2) is 78.4 Å². The Hall–Kier alpha value is -4.51. The molecule has 1 N–H and O–H groups in total. The molecule has 3 aliphatic rings. The van der Waals surface area contributed by atoms with Crippen molar-refractivity contribution >= 4 is 35.1 Å². The first-order valence-electron chi connectivity index (χ1n) is 14.6. The third-order valence-electron chi connectivity index (χ3n) is 8.65. The van der Waals surface area contributed by atoms with Gasteiger partial charge in [-0.3, -0.25) is 14.5 Å². The molecular formula is C33H31ClF3N5O3. The molecule has 3 aliphatic heterocycles. The van der Waals surface area contributed by atoms with Crippen molar-refractivity contribution in [1.82, 2.24) is 20.0 Å². The van der Waals surface area contributed by atoms with Crippen molar-refractivity contribution in [2.24, 2.45) is 0 Å². The fourth-order valence-corrected chi connectivity index (χ4v) is 6.31. The maximum Gasteiger partial charge on any atom is 0.416 e. The van der Waals surface area contributed by atoms with E-state index < -0.39 is 23.8 Å². The number of anilines is 1. The van der Waals surface area contributed by atoms with Gasteiger partial charge in [-0.05, 0) is 41.5 Å². The molecule has 0 spiro atoms. The van der Waals surface area contributed by atoms with Crippen LogP contribution in [0.1, 0.15) is 22.7 Å². The molecule has 2 unspecified atom stereocenters. The van der Waals surface area contributed by atoms with E-state index in [2.05, 4.69) is 5.32 Å². The van der Waals surface area contributed by atoms with Crippen molar-refractivity contribution in [3.8, 4) is 0 Å². The lowest BCUT2D eigenvalue weighted by Gasteiger charge is -2.39. The third kappa shape index (κ3) is 6.09. The highest BCUT2D eigenvalue weighted by atomic mass is 35.5. The molecule has 4 amide bonds. The molecule has 6 rings (SSSR count). The first kappa shape index (κ1) is 30.5. The molecular weight excluding hydrogens is 607 g/mol. The Kier molecular flexibility index (Phi) is 8.22. The summed E-state index contributed by atoms with van der Waals surface area (Å²) in [6, 6.07) is 19.6. The van der Waals surface area contributed by atoms with Gasteiger partial charge in [0.1, 0.15) is 6.04 Å². The van der Waals surface area contributed by atoms with Crippen LogP contribution in [0.4, 0.5) is 23.7 Å². The summed E-state index contributed by atoms with van der Waals surface area (Å²) in [6.45, 7) is 1.32. The number of rotatable bonds is 6. The molecule has 0 bridgehead atoms. The fourth-order valence-electron chi connectivity index (χ4n) is 6.19. The lowest BCUT2D eigenvalue weighted by Crippen LogP contribution is -2.56. The number of amides is 4. The minimum absolute atomic E-state index is 0.0790. The van der Waals surface area contributed by atoms with Crippen molar-refractivity contribution in [1.29, 1.82) is 0 Å². The number of likely N-dealkylation sites (N-methyl/N-ethyl adjacent to an activating group) is 1. The molecule has 45 heavy (non-hydrogen) atoms. The van der Waals surface area contributed by atoms with Crippen LogP contribution < -0.4 is 10.2 Å². The van der Waals surface area contributed by atoms with Gasteiger partial charge in [0, 0.05) is 50.4 Å². The van der Waals surface area contributed by atoms with Gasteiger partial charge in [-0.2, -0.15) is 13.2 Å². The standard InChI is InChI=1S/C33H31ClF3N5O3/c1-39-27-20-42(31(44)28(27)29(38-32(39)45)22-10-12-24(34)13-11-22)26(18-21-6-3-2-4-7-21)30(43)41-16-14-40(15-17-41)25-9-5-8-23(19-25)33(35,36)37/h2-13,19,26,29H,14-18,20H2,1H3,(H,38,45). The highest BCUT2D eigenvalue weighted by molar-refractivity contribution is 6.30. The van der Waals surface area contributed by atoms with Crippen molar-refractivity contribution in [3.05, 3.63) is 112 Å². The summed E-state index contributed by atoms with van der Waals surface area (Å²) >= 11 is 6.09. The molecule has 8 nitrogen and oxygen atoms in total. The van der Waals surface area contributed by atoms with E-state index in [0.717, 1.165) is 17.7 Å². The summed E-state index contributed by atoms with van der Waals surface area (Å²) in [4.78, 5) is 47.8. The number of benzene rings is 3. The van der Waals surface area contributed by atoms with Crippen LogP contribution in [-0.2, 0) is 22.2 Å². The maximum absolute atomic E-state index is 14.2. The molecule has 12 heteroatoms. The van der Waals surface area contributed by atoms with E-state index in [0.29, 0.717) is 40.6 Å². The van der Waals surface area contributed by atoms with E-state index in [9.17, 15) is 27.6 Å². The monoisotopic (exact) mass is 637 g/mol. The molecule has 234 valence electrons. The highest BCUT2D eigenvalue weighted by Crippen LogP contribution is 2.38. The van der Waals surface area contributed by atoms with Crippen LogP contribution in [0.3, 0.4) is 0 Å². The maximum atomic E-state index is 14.2. The zero-order chi connectivity index (χ0) is 31.9. The van der Waals surface area contributed by atoms with Gasteiger partial charge in [-0.15, -0.1) is 0 Å². The first-order valence-corrected chi connectivity index (χ1v) is 15.0. The Labute approximate surface area is 263 Å². The summed E-state index contributed by atoms with van der Waals surface area (Å²) in [6.07, 6.45) is -4.19. The number of nitrogens with one attached hydrogen (secondary N) is 1. The van der Waals surface area contributed by atoms with E-state index in [-0.39, 0.29) is 43.9 Å². The largest absolute Gasteiger partial charge is 0.416 e. The SMILES string of the molecule is CN1C(=O)NC(c2ccc(Cl)cc2)C2=C1CN(C(Cc1ccccc1)C(=O)N1CCN(c3cccc(C(F)(F)F)c3)CC1)C2=O. The lowest BCUT2D eigenvalue weighted by atomic mass is 9.95. The van der Waals surface area contributed by atoms with E-state index in [1.807, 2.05) is 35.2 Å². The fraction of sp³-hybridized carbons (Fsp3) is 0.303. The van der Waals surface area contributed by atoms with Gasteiger partial charge >= 0.3 is 12.2 Å². The number of carbonyl (C=O) groups is 3. The molecule has 3 aromatic rings. The average Bonchev–Trinajstić information content (AvgIpc) is 3.39. The van der Waals surface area contributed by atoms with E-state index in [4.69, 9.17) is 11.6 Å². The number of alkyl halides is 3. The van der Waals surface area contributed by atoms with Crippen LogP contribution in [0.15, 0.2) is 90.1 Å². The smallest absolute Gasteiger partial charge is 0.368 e. The van der Waals surface area contributed by atoms with Crippen molar-refractivity contribution in [2.75, 3.05) is 44.7 Å². The summed E-state index contributed by atoms with van der Waals surface area (Å²) in [5.74, 6) is -0.589. The van der Waals surface area contributed by atoms with Crippen LogP contribution >= 0.6 is 11.6 Å². The predicted molar refractivity (Wildman–Crippen MR) is 163 cm³/mol. The zero-order valence-electron chi connectivity index (χ0n) is 24.4. The van der Waals surface area contributed by atoms with E-state index in [1.54, 1.807) is 47.2 Å². The average molecular weight is 638 g/mol. The van der Waals surface area contributed by atoms with Crippen LogP contribution in [0, 0.1) is 0 Å². The third-order valence-corrected chi connectivity index (χ3v) is 8.91. The van der Waals surface area contributed by atoms with Crippen LogP contribution in [0.2, 0.25) is 5.02 Å². The van der Waals surface area contributed by atoms with Crippen LogP contribution in [0.5, 0.6) is 0 Å². The lowest BCUT2D eigenvalue weighted by molar-refractivity contribution is -0.143. The number of hydrogen-bond donors (Lipinski definition) is 1. The first-order chi connectivity index (χ1) is 21.5. The topological polar surface area (TPSA) is 76.2 Å². The molecule has 0 radical (unpaired) electrons. The Morgan fingerprint density at radius 2 is 1.64 bits per heavy atom. The Balaban J connectivity index is 1.25. The second-order valence-electron chi connectivity index (χ2n) is 11.4. The number of hydrogen-bond acceptors (Lipinski definition) is 4. The summed E-state index contributed by atoms with van der Waals surface area (Å²) in [5.41, 5.74) is 2.22. The molecule has 3 heterocycles. The van der Waals surface area contributed by atoms with E-state index >= 15 is 0 Å². The minimum Gasteiger partial charge on any atom is -0.368 e. The second-order valence-corrected chi connectivity index (χ2v) is 11.8. The molecule has 0 saturated carbocycles. The summed E-state index contributed by atoms with van der Waals surface area (Å²) in [7, 11) is 1.60. The van der Waals surface area contributed by atoms with Gasteiger partial charge in [-0.1, -0.05) is 60.1 Å². The molecule has 2 atom stereocenters. The van der Waals surface area contributed by atoms with Gasteiger partial charge in [0.15, 0.2) is 0 Å². The number of carbonyl (C=O) groups excluding carboxylic acids is 3. The van der Waals surface area contributed by atoms with Crippen molar-refractivity contribution in [3.63, 3.8) is 0 Å². The molecule has 3 aromatic carbocycles. The predicted octanol–water partition coefficient (Wildman–Crippen LogP) is 5.11. The number of halogens is 4. The summed E-state index contributed by atoms with van der Waals surface area (Å²) < 4.78 is 39.9. The number of piperazine rings is 1. The summed E-state index contributed by atoms with van der Waals surface area (Å²) in [5, 5.41) is 3.43. The second kappa shape index (κ2) is 12.1. The minimum atomic E-state index is -4.45. The van der Waals surface area contributed by atoms with Crippen molar-refractivity contribution < 1.29 is 27.6 Å². The molecule has 0 aliphatic carbocycles. The van der Waals surface area contributed by atoms with Gasteiger partial charge < -0.3 is 20.0 Å². The molecule has 1 saturated heterocycles. The van der Waals surface area contributed by atoms with Gasteiger partial charge in [0.25, 0.3) is 5.91 Å². The van der Waals surface area contributed by atoms with Gasteiger partial charge in [0.05, 0.1) is 29.4 Å². The van der Waals surface area contributed by atoms with E-state index in [1.165, 1.54) is 11.0 Å². The highest BCUT2D eigenvalue weighted by Gasteiger charge is 2.47. The Morgan fingerprint density at radius 1 is 0.956 bits per heavy atom. The normalized spacial score (nSPS) is 19.5. The number of nitrogens with zero attached hydrogens (tertiary/aromatic N) is 4. The molecule has 0 aromatic heterocycles. The quantitative estimate of drug-likeness (QED) is 0.408. The molecule has 1 fully saturated rings. The van der Waals surface area contributed by atoms with Gasteiger partial charge in [0.2, 0.25) is 5.91 Å². The Morgan fingerprint density at radius 3 is 2.31 bits per heavy atom. The van der Waals surface area contributed by atoms with Crippen LogP contribution in [0.25, 0.3) is 0 Å². The number of urea groups is 1. The zero-order valence-corrected chi connectivity index (χ0v) is 25.2. The Bertz CT molecular complexity index is 1640.